The smallest absolute Gasteiger partial charge is 0.481 e. The molecule has 0 aliphatic carbocycles. The van der Waals surface area contributed by atoms with E-state index in [0.717, 1.165) is 0 Å². The van der Waals surface area contributed by atoms with E-state index in [0.29, 0.717) is 0 Å². The number of aliphatic carboxylic acids is 1. The van der Waals surface area contributed by atoms with Crippen molar-refractivity contribution < 1.29 is 41.0 Å². The monoisotopic (exact) mass is 318 g/mol. The molecular weight excluding hydrogens is 310 g/mol. The highest BCUT2D eigenvalue weighted by molar-refractivity contribution is 5.72. The molecule has 21 heavy (non-hydrogen) atoms. The van der Waals surface area contributed by atoms with Crippen molar-refractivity contribution in [3.63, 3.8) is 0 Å². The Labute approximate surface area is 113 Å². The van der Waals surface area contributed by atoms with E-state index in [1.807, 2.05) is 0 Å². The normalized spacial score (nSPS) is 12.3. The third-order valence-electron chi connectivity index (χ3n) is 2.26. The number of carbonyl (C=O) groups is 1. The summed E-state index contributed by atoms with van der Waals surface area (Å²) in [6.07, 6.45) is -11.5. The molecule has 1 aromatic rings. The van der Waals surface area contributed by atoms with Crippen LogP contribution in [0.25, 0.3) is 0 Å². The van der Waals surface area contributed by atoms with Gasteiger partial charge in [-0.3, -0.25) is 9.78 Å². The van der Waals surface area contributed by atoms with E-state index in [4.69, 9.17) is 10.8 Å². The number of carboxylic acid groups (broad SMARTS) is 1. The van der Waals surface area contributed by atoms with Crippen LogP contribution in [-0.4, -0.2) is 22.4 Å². The third kappa shape index (κ3) is 4.48. The minimum Gasteiger partial charge on any atom is -0.481 e. The van der Waals surface area contributed by atoms with Gasteiger partial charge in [0.25, 0.3) is 0 Å². The van der Waals surface area contributed by atoms with Crippen molar-refractivity contribution in [1.82, 2.24) is 4.98 Å². The highest BCUT2D eigenvalue weighted by Gasteiger charge is 2.40. The fourth-order valence-electron chi connectivity index (χ4n) is 1.53. The highest BCUT2D eigenvalue weighted by Crippen LogP contribution is 2.39. The van der Waals surface area contributed by atoms with Gasteiger partial charge in [-0.15, -0.1) is 13.2 Å². The quantitative estimate of drug-likeness (QED) is 0.830. The Balaban J connectivity index is 3.57. The first kappa shape index (κ1) is 17.0. The van der Waals surface area contributed by atoms with Crippen molar-refractivity contribution in [2.24, 2.45) is 5.73 Å². The summed E-state index contributed by atoms with van der Waals surface area (Å²) in [5.74, 6) is -3.09. The Morgan fingerprint density at radius 2 is 1.86 bits per heavy atom. The second-order valence-electron chi connectivity index (χ2n) is 3.75. The molecule has 0 aliphatic heterocycles. The van der Waals surface area contributed by atoms with Gasteiger partial charge < -0.3 is 15.6 Å². The van der Waals surface area contributed by atoms with Crippen molar-refractivity contribution in [2.45, 2.75) is 25.5 Å². The van der Waals surface area contributed by atoms with Crippen LogP contribution in [0.5, 0.6) is 5.75 Å². The molecule has 118 valence electrons. The van der Waals surface area contributed by atoms with Gasteiger partial charge in [0.2, 0.25) is 0 Å². The Bertz CT molecular complexity index is 541. The van der Waals surface area contributed by atoms with Crippen molar-refractivity contribution in [2.75, 3.05) is 0 Å². The summed E-state index contributed by atoms with van der Waals surface area (Å²) in [6, 6.07) is 0. The molecular formula is C10H8F6N2O3. The van der Waals surface area contributed by atoms with Gasteiger partial charge in [-0.05, 0) is 0 Å². The Morgan fingerprint density at radius 1 is 1.29 bits per heavy atom. The molecule has 0 aliphatic rings. The predicted molar refractivity (Wildman–Crippen MR) is 55.2 cm³/mol. The average Bonchev–Trinajstić information content (AvgIpc) is 2.27. The molecule has 0 amide bonds. The number of alkyl halides is 6. The van der Waals surface area contributed by atoms with Crippen molar-refractivity contribution >= 4 is 5.97 Å². The molecule has 1 rings (SSSR count). The van der Waals surface area contributed by atoms with Gasteiger partial charge in [0, 0.05) is 18.3 Å². The fourth-order valence-corrected chi connectivity index (χ4v) is 1.53. The van der Waals surface area contributed by atoms with Crippen LogP contribution in [0.15, 0.2) is 6.20 Å². The molecule has 3 N–H and O–H groups in total. The van der Waals surface area contributed by atoms with E-state index in [1.165, 1.54) is 0 Å². The fraction of sp³-hybridized carbons (Fsp3) is 0.400. The minimum absolute atomic E-state index is 0.226. The molecule has 1 aromatic heterocycles. The molecule has 0 atom stereocenters. The van der Waals surface area contributed by atoms with Gasteiger partial charge in [-0.25, -0.2) is 0 Å². The van der Waals surface area contributed by atoms with Gasteiger partial charge in [0.1, 0.15) is 0 Å². The molecule has 0 bridgehead atoms. The second-order valence-corrected chi connectivity index (χ2v) is 3.75. The predicted octanol–water partition coefficient (Wildman–Crippen LogP) is 2.08. The first-order chi connectivity index (χ1) is 9.45. The number of carboxylic acids is 1. The van der Waals surface area contributed by atoms with Crippen LogP contribution >= 0.6 is 0 Å². The number of nitrogens with two attached hydrogens (primary N) is 1. The topological polar surface area (TPSA) is 85.4 Å². The maximum Gasteiger partial charge on any atom is 0.573 e. The van der Waals surface area contributed by atoms with Crippen molar-refractivity contribution in [3.8, 4) is 5.75 Å². The zero-order valence-corrected chi connectivity index (χ0v) is 10.0. The number of ether oxygens (including phenoxy) is 1. The van der Waals surface area contributed by atoms with Crippen LogP contribution in [0.1, 0.15) is 16.8 Å². The number of rotatable bonds is 4. The van der Waals surface area contributed by atoms with Gasteiger partial charge >= 0.3 is 18.5 Å². The van der Waals surface area contributed by atoms with Gasteiger partial charge in [-0.1, -0.05) is 0 Å². The summed E-state index contributed by atoms with van der Waals surface area (Å²) in [5, 5.41) is 8.59. The van der Waals surface area contributed by atoms with E-state index < -0.39 is 54.0 Å². The number of aromatic nitrogens is 1. The van der Waals surface area contributed by atoms with E-state index in [1.54, 1.807) is 0 Å². The molecule has 5 nitrogen and oxygen atoms in total. The number of pyridine rings is 1. The second kappa shape index (κ2) is 5.76. The van der Waals surface area contributed by atoms with E-state index in [-0.39, 0.29) is 6.20 Å². The summed E-state index contributed by atoms with van der Waals surface area (Å²) in [5.41, 5.74) is 1.66. The average molecular weight is 318 g/mol. The standard InChI is InChI=1S/C10H8F6N2O3/c11-9(12,13)5-3-18-6(2-17)8(21-10(14,15)16)4(5)1-7(19)20/h3H,1-2,17H2,(H,19,20). The van der Waals surface area contributed by atoms with Crippen LogP contribution in [0, 0.1) is 0 Å². The largest absolute Gasteiger partial charge is 0.573 e. The lowest BCUT2D eigenvalue weighted by molar-refractivity contribution is -0.275. The molecule has 1 heterocycles. The van der Waals surface area contributed by atoms with E-state index >= 15 is 0 Å². The van der Waals surface area contributed by atoms with Crippen LogP contribution in [0.4, 0.5) is 26.3 Å². The summed E-state index contributed by atoms with van der Waals surface area (Å²) >= 11 is 0. The highest BCUT2D eigenvalue weighted by atomic mass is 19.4. The number of halogens is 6. The van der Waals surface area contributed by atoms with Gasteiger partial charge in [0.05, 0.1) is 17.7 Å². The summed E-state index contributed by atoms with van der Waals surface area (Å²) in [6.45, 7) is -0.657. The lowest BCUT2D eigenvalue weighted by Gasteiger charge is -2.19. The Kier molecular flexibility index (Phi) is 4.66. The third-order valence-corrected chi connectivity index (χ3v) is 2.26. The summed E-state index contributed by atoms with van der Waals surface area (Å²) in [7, 11) is 0. The van der Waals surface area contributed by atoms with Crippen molar-refractivity contribution in [1.29, 1.82) is 0 Å². The lowest BCUT2D eigenvalue weighted by atomic mass is 10.0. The molecule has 0 unspecified atom stereocenters. The maximum atomic E-state index is 12.7. The Hall–Kier alpha value is -2.04. The number of nitrogens with zero attached hydrogens (tertiary/aromatic N) is 1. The molecule has 11 heteroatoms. The van der Waals surface area contributed by atoms with E-state index in [9.17, 15) is 31.1 Å². The first-order valence-electron chi connectivity index (χ1n) is 5.21. The number of hydrogen-bond donors (Lipinski definition) is 2. The minimum atomic E-state index is -5.32. The van der Waals surface area contributed by atoms with E-state index in [2.05, 4.69) is 9.72 Å². The number of hydrogen-bond acceptors (Lipinski definition) is 4. The van der Waals surface area contributed by atoms with Crippen LogP contribution in [0.3, 0.4) is 0 Å². The molecule has 0 aromatic carbocycles. The maximum absolute atomic E-state index is 12.7. The molecule has 0 spiro atoms. The van der Waals surface area contributed by atoms with Gasteiger partial charge in [-0.2, -0.15) is 13.2 Å². The lowest BCUT2D eigenvalue weighted by Crippen LogP contribution is -2.23. The summed E-state index contributed by atoms with van der Waals surface area (Å²) < 4.78 is 78.6. The molecule has 0 radical (unpaired) electrons. The molecule has 0 saturated carbocycles. The zero-order valence-electron chi connectivity index (χ0n) is 10.0. The molecule has 0 fully saturated rings. The SMILES string of the molecule is NCc1ncc(C(F)(F)F)c(CC(=O)O)c1OC(F)(F)F. The van der Waals surface area contributed by atoms with Crippen LogP contribution in [0.2, 0.25) is 0 Å². The van der Waals surface area contributed by atoms with Crippen LogP contribution in [-0.2, 0) is 23.9 Å². The van der Waals surface area contributed by atoms with Gasteiger partial charge in [0.15, 0.2) is 5.75 Å². The Morgan fingerprint density at radius 3 is 2.24 bits per heavy atom. The van der Waals surface area contributed by atoms with Crippen molar-refractivity contribution in [3.05, 3.63) is 23.0 Å². The first-order valence-corrected chi connectivity index (χ1v) is 5.21. The molecule has 0 saturated heterocycles. The summed E-state index contributed by atoms with van der Waals surface area (Å²) in [4.78, 5) is 13.8. The zero-order chi connectivity index (χ0) is 16.4. The van der Waals surface area contributed by atoms with Crippen LogP contribution < -0.4 is 10.5 Å².